The largest absolute Gasteiger partial charge is 0.481 e. The van der Waals surface area contributed by atoms with Crippen molar-refractivity contribution in [2.75, 3.05) is 6.54 Å². The predicted molar refractivity (Wildman–Crippen MR) is 70.5 cm³/mol. The molecule has 0 aliphatic heterocycles. The Hall–Kier alpha value is -1.36. The zero-order valence-electron chi connectivity index (χ0n) is 11.8. The van der Waals surface area contributed by atoms with Crippen molar-refractivity contribution in [1.29, 1.82) is 0 Å². The van der Waals surface area contributed by atoms with Crippen molar-refractivity contribution in [3.63, 3.8) is 0 Å². The molecule has 0 saturated heterocycles. The van der Waals surface area contributed by atoms with E-state index in [1.54, 1.807) is 4.68 Å². The van der Waals surface area contributed by atoms with Gasteiger partial charge in [-0.15, -0.1) is 0 Å². The summed E-state index contributed by atoms with van der Waals surface area (Å²) < 4.78 is 1.80. The van der Waals surface area contributed by atoms with Gasteiger partial charge in [0, 0.05) is 37.4 Å². The summed E-state index contributed by atoms with van der Waals surface area (Å²) in [5, 5.41) is 13.2. The van der Waals surface area contributed by atoms with Gasteiger partial charge in [-0.3, -0.25) is 14.4 Å². The van der Waals surface area contributed by atoms with Crippen LogP contribution in [0.15, 0.2) is 6.20 Å². The summed E-state index contributed by atoms with van der Waals surface area (Å²) in [6.45, 7) is 8.82. The van der Waals surface area contributed by atoms with Gasteiger partial charge in [-0.05, 0) is 27.7 Å². The van der Waals surface area contributed by atoms with Crippen molar-refractivity contribution in [2.24, 2.45) is 7.05 Å². The summed E-state index contributed by atoms with van der Waals surface area (Å²) in [6.07, 6.45) is 2.18. The maximum Gasteiger partial charge on any atom is 0.304 e. The van der Waals surface area contributed by atoms with E-state index in [2.05, 4.69) is 30.8 Å². The molecule has 1 aromatic heterocycles. The van der Waals surface area contributed by atoms with E-state index in [1.165, 1.54) is 0 Å². The number of nitrogens with zero attached hydrogens (tertiary/aromatic N) is 3. The van der Waals surface area contributed by atoms with Gasteiger partial charge in [-0.2, -0.15) is 5.10 Å². The zero-order valence-corrected chi connectivity index (χ0v) is 11.8. The maximum atomic E-state index is 10.7. The first kappa shape index (κ1) is 14.7. The minimum atomic E-state index is -0.754. The molecule has 1 atom stereocenters. The average Bonchev–Trinajstić information content (AvgIpc) is 2.56. The van der Waals surface area contributed by atoms with E-state index in [1.807, 2.05) is 20.2 Å². The summed E-state index contributed by atoms with van der Waals surface area (Å²) in [5.41, 5.74) is 2.17. The Balaban J connectivity index is 2.85. The van der Waals surface area contributed by atoms with E-state index in [0.29, 0.717) is 12.6 Å². The molecule has 5 nitrogen and oxygen atoms in total. The standard InChI is InChI=1S/C13H23N3O2/c1-9(2)16(7-6-13(17)18)11(4)12-8-15(5)14-10(12)3/h8-9,11H,6-7H2,1-5H3,(H,17,18). The lowest BCUT2D eigenvalue weighted by Gasteiger charge is -2.32. The lowest BCUT2D eigenvalue weighted by Crippen LogP contribution is -2.35. The van der Waals surface area contributed by atoms with Crippen LogP contribution in [0, 0.1) is 6.92 Å². The van der Waals surface area contributed by atoms with Crippen molar-refractivity contribution in [3.8, 4) is 0 Å². The fourth-order valence-electron chi connectivity index (χ4n) is 2.33. The molecule has 0 spiro atoms. The Labute approximate surface area is 108 Å². The van der Waals surface area contributed by atoms with Gasteiger partial charge in [0.1, 0.15) is 0 Å². The van der Waals surface area contributed by atoms with Gasteiger partial charge in [-0.1, -0.05) is 0 Å². The summed E-state index contributed by atoms with van der Waals surface area (Å²) in [4.78, 5) is 12.9. The molecule has 0 radical (unpaired) electrons. The molecule has 1 aromatic rings. The number of hydrogen-bond donors (Lipinski definition) is 1. The molecular weight excluding hydrogens is 230 g/mol. The Morgan fingerprint density at radius 2 is 2.11 bits per heavy atom. The lowest BCUT2D eigenvalue weighted by atomic mass is 10.1. The third kappa shape index (κ3) is 3.57. The number of carbonyl (C=O) groups is 1. The van der Waals surface area contributed by atoms with Gasteiger partial charge in [0.2, 0.25) is 0 Å². The fraction of sp³-hybridized carbons (Fsp3) is 0.692. The molecule has 5 heteroatoms. The van der Waals surface area contributed by atoms with Gasteiger partial charge in [-0.25, -0.2) is 0 Å². The molecule has 0 aliphatic carbocycles. The molecule has 0 amide bonds. The average molecular weight is 253 g/mol. The topological polar surface area (TPSA) is 58.4 Å². The normalized spacial score (nSPS) is 13.3. The van der Waals surface area contributed by atoms with Crippen molar-refractivity contribution < 1.29 is 9.90 Å². The summed E-state index contributed by atoms with van der Waals surface area (Å²) in [6, 6.07) is 0.483. The van der Waals surface area contributed by atoms with Gasteiger partial charge < -0.3 is 5.11 Å². The van der Waals surface area contributed by atoms with E-state index in [4.69, 9.17) is 5.11 Å². The van der Waals surface area contributed by atoms with Gasteiger partial charge >= 0.3 is 5.97 Å². The smallest absolute Gasteiger partial charge is 0.304 e. The Bertz CT molecular complexity index is 412. The molecule has 1 rings (SSSR count). The molecule has 0 saturated carbocycles. The highest BCUT2D eigenvalue weighted by molar-refractivity contribution is 5.66. The van der Waals surface area contributed by atoms with Crippen molar-refractivity contribution in [3.05, 3.63) is 17.5 Å². The molecule has 0 aliphatic rings. The van der Waals surface area contributed by atoms with Crippen LogP contribution >= 0.6 is 0 Å². The number of carboxylic acids is 1. The summed E-state index contributed by atoms with van der Waals surface area (Å²) in [7, 11) is 1.90. The van der Waals surface area contributed by atoms with E-state index < -0.39 is 5.97 Å². The van der Waals surface area contributed by atoms with E-state index in [9.17, 15) is 4.79 Å². The minimum Gasteiger partial charge on any atom is -0.481 e. The molecular formula is C13H23N3O2. The number of aryl methyl sites for hydroxylation is 2. The SMILES string of the molecule is Cc1nn(C)cc1C(C)N(CCC(=O)O)C(C)C. The molecule has 1 heterocycles. The molecule has 18 heavy (non-hydrogen) atoms. The van der Waals surface area contributed by atoms with Crippen LogP contribution in [0.5, 0.6) is 0 Å². The maximum absolute atomic E-state index is 10.7. The monoisotopic (exact) mass is 253 g/mol. The number of carboxylic acid groups (broad SMARTS) is 1. The first-order chi connectivity index (χ1) is 8.32. The predicted octanol–water partition coefficient (Wildman–Crippen LogP) is 1.97. The lowest BCUT2D eigenvalue weighted by molar-refractivity contribution is -0.137. The molecule has 1 unspecified atom stereocenters. The Morgan fingerprint density at radius 1 is 1.50 bits per heavy atom. The highest BCUT2D eigenvalue weighted by Crippen LogP contribution is 2.24. The highest BCUT2D eigenvalue weighted by Gasteiger charge is 2.22. The zero-order chi connectivity index (χ0) is 13.9. The quantitative estimate of drug-likeness (QED) is 0.842. The Morgan fingerprint density at radius 3 is 2.50 bits per heavy atom. The van der Waals surface area contributed by atoms with E-state index in [-0.39, 0.29) is 12.5 Å². The number of aliphatic carboxylic acids is 1. The van der Waals surface area contributed by atoms with E-state index in [0.717, 1.165) is 11.3 Å². The van der Waals surface area contributed by atoms with Crippen LogP contribution in [0.4, 0.5) is 0 Å². The van der Waals surface area contributed by atoms with Crippen LogP contribution in [0.1, 0.15) is 44.5 Å². The highest BCUT2D eigenvalue weighted by atomic mass is 16.4. The molecule has 1 N–H and O–H groups in total. The van der Waals surface area contributed by atoms with Crippen molar-refractivity contribution >= 4 is 5.97 Å². The minimum absolute atomic E-state index is 0.168. The molecule has 0 bridgehead atoms. The second kappa shape index (κ2) is 6.00. The Kier molecular flexibility index (Phi) is 4.90. The van der Waals surface area contributed by atoms with Crippen molar-refractivity contribution in [1.82, 2.24) is 14.7 Å². The third-order valence-electron chi connectivity index (χ3n) is 3.25. The molecule has 102 valence electrons. The van der Waals surface area contributed by atoms with Crippen LogP contribution in [-0.4, -0.2) is 38.3 Å². The van der Waals surface area contributed by atoms with Gasteiger partial charge in [0.15, 0.2) is 0 Å². The number of hydrogen-bond acceptors (Lipinski definition) is 3. The van der Waals surface area contributed by atoms with Crippen LogP contribution < -0.4 is 0 Å². The third-order valence-corrected chi connectivity index (χ3v) is 3.25. The van der Waals surface area contributed by atoms with Crippen LogP contribution in [0.2, 0.25) is 0 Å². The first-order valence-corrected chi connectivity index (χ1v) is 6.30. The molecule has 0 fully saturated rings. The summed E-state index contributed by atoms with van der Waals surface area (Å²) >= 11 is 0. The molecule has 0 aromatic carbocycles. The van der Waals surface area contributed by atoms with Crippen LogP contribution in [0.25, 0.3) is 0 Å². The first-order valence-electron chi connectivity index (χ1n) is 6.30. The number of aromatic nitrogens is 2. The van der Waals surface area contributed by atoms with E-state index >= 15 is 0 Å². The summed E-state index contributed by atoms with van der Waals surface area (Å²) in [5.74, 6) is -0.754. The second-order valence-corrected chi connectivity index (χ2v) is 4.99. The van der Waals surface area contributed by atoms with Gasteiger partial charge in [0.25, 0.3) is 0 Å². The van der Waals surface area contributed by atoms with Gasteiger partial charge in [0.05, 0.1) is 12.1 Å². The van der Waals surface area contributed by atoms with Crippen LogP contribution in [-0.2, 0) is 11.8 Å². The number of rotatable bonds is 6. The van der Waals surface area contributed by atoms with Crippen molar-refractivity contribution in [2.45, 2.75) is 46.2 Å². The fourth-order valence-corrected chi connectivity index (χ4v) is 2.33. The van der Waals surface area contributed by atoms with Crippen LogP contribution in [0.3, 0.4) is 0 Å². The second-order valence-electron chi connectivity index (χ2n) is 4.99.